The molecule has 1 spiro atoms. The van der Waals surface area contributed by atoms with Gasteiger partial charge in [0.2, 0.25) is 0 Å². The van der Waals surface area contributed by atoms with Gasteiger partial charge >= 0.3 is 0 Å². The van der Waals surface area contributed by atoms with Gasteiger partial charge in [0.05, 0.1) is 0 Å². The van der Waals surface area contributed by atoms with Crippen molar-refractivity contribution >= 4 is 23.5 Å². The van der Waals surface area contributed by atoms with Gasteiger partial charge in [-0.25, -0.2) is 0 Å². The van der Waals surface area contributed by atoms with E-state index in [1.54, 1.807) is 5.57 Å². The van der Waals surface area contributed by atoms with Crippen LogP contribution in [0, 0.1) is 30.1 Å². The van der Waals surface area contributed by atoms with Crippen molar-refractivity contribution in [2.75, 3.05) is 5.75 Å². The van der Waals surface area contributed by atoms with Crippen LogP contribution < -0.4 is 0 Å². The molecule has 3 aromatic carbocycles. The minimum atomic E-state index is 0.404. The number of hydrogen-bond donors (Lipinski definition) is 0. The maximum Gasteiger partial charge on any atom is 0.0116 e. The number of rotatable bonds is 8. The molecule has 0 nitrogen and oxygen atoms in total. The monoisotopic (exact) mass is 484 g/mol. The predicted octanol–water partition coefficient (Wildman–Crippen LogP) is 9.45. The lowest BCUT2D eigenvalue weighted by Gasteiger charge is -2.39. The summed E-state index contributed by atoms with van der Waals surface area (Å²) in [5.74, 6) is 3.51. The molecular weight excluding hydrogens is 448 g/mol. The number of allylic oxidation sites excluding steroid dienone is 1. The van der Waals surface area contributed by atoms with Crippen molar-refractivity contribution in [2.24, 2.45) is 23.2 Å². The predicted molar refractivity (Wildman–Crippen MR) is 149 cm³/mol. The van der Waals surface area contributed by atoms with E-state index in [-0.39, 0.29) is 0 Å². The Morgan fingerprint density at radius 1 is 0.912 bits per heavy atom. The quantitative estimate of drug-likeness (QED) is 0.292. The van der Waals surface area contributed by atoms with Crippen LogP contribution in [0.2, 0.25) is 0 Å². The molecule has 0 heterocycles. The highest BCUT2D eigenvalue weighted by Crippen LogP contribution is 2.69. The summed E-state index contributed by atoms with van der Waals surface area (Å²) in [5, 5.41) is 2.55. The molecule has 5 rings (SSSR count). The van der Waals surface area contributed by atoms with E-state index in [2.05, 4.69) is 104 Å². The molecule has 0 N–H and O–H groups in total. The van der Waals surface area contributed by atoms with Crippen molar-refractivity contribution in [1.29, 1.82) is 0 Å². The van der Waals surface area contributed by atoms with Gasteiger partial charge in [0.25, 0.3) is 0 Å². The fourth-order valence-electron chi connectivity index (χ4n) is 6.16. The van der Waals surface area contributed by atoms with E-state index in [1.807, 2.05) is 23.5 Å². The minimum Gasteiger partial charge on any atom is -0.126 e. The van der Waals surface area contributed by atoms with Gasteiger partial charge in [-0.15, -0.1) is 11.8 Å². The van der Waals surface area contributed by atoms with Crippen molar-refractivity contribution in [3.8, 4) is 0 Å². The molecule has 4 atom stereocenters. The van der Waals surface area contributed by atoms with E-state index in [4.69, 9.17) is 0 Å². The Hall–Kier alpha value is -1.90. The summed E-state index contributed by atoms with van der Waals surface area (Å²) in [4.78, 5) is 2.76. The van der Waals surface area contributed by atoms with E-state index < -0.39 is 0 Å². The Morgan fingerprint density at radius 3 is 2.29 bits per heavy atom. The molecule has 3 aromatic rings. The summed E-state index contributed by atoms with van der Waals surface area (Å²) in [6.45, 7) is 4.71. The van der Waals surface area contributed by atoms with Crippen molar-refractivity contribution in [3.05, 3.63) is 107 Å². The Balaban J connectivity index is 1.37. The average molecular weight is 485 g/mol. The first-order chi connectivity index (χ1) is 16.6. The van der Waals surface area contributed by atoms with E-state index in [1.165, 1.54) is 58.8 Å². The summed E-state index contributed by atoms with van der Waals surface area (Å²) >= 11 is 3.98. The number of aryl methyl sites for hydroxylation is 1. The SMILES string of the molecule is Cc1ccc(CC2CC23/C(=C/Sc2ccccc2)CCCC3C(C)CSc2ccccc2)cc1. The molecule has 2 saturated carbocycles. The third kappa shape index (κ3) is 5.34. The molecule has 4 unspecified atom stereocenters. The first-order valence-corrected chi connectivity index (χ1v) is 14.7. The molecule has 34 heavy (non-hydrogen) atoms. The van der Waals surface area contributed by atoms with Crippen LogP contribution >= 0.6 is 23.5 Å². The summed E-state index contributed by atoms with van der Waals surface area (Å²) < 4.78 is 0. The van der Waals surface area contributed by atoms with Gasteiger partial charge in [-0.2, -0.15) is 0 Å². The number of benzene rings is 3. The molecule has 2 heteroatoms. The molecule has 0 aromatic heterocycles. The third-order valence-corrected chi connectivity index (χ3v) is 10.2. The average Bonchev–Trinajstić information content (AvgIpc) is 3.57. The lowest BCUT2D eigenvalue weighted by Crippen LogP contribution is -2.32. The Bertz CT molecular complexity index is 1090. The molecular formula is C32H36S2. The molecule has 176 valence electrons. The molecule has 0 amide bonds. The molecule has 0 aliphatic heterocycles. The van der Waals surface area contributed by atoms with Crippen molar-refractivity contribution in [2.45, 2.75) is 55.7 Å². The highest BCUT2D eigenvalue weighted by Gasteiger charge is 2.61. The van der Waals surface area contributed by atoms with Gasteiger partial charge in [-0.3, -0.25) is 0 Å². The minimum absolute atomic E-state index is 0.404. The van der Waals surface area contributed by atoms with Crippen LogP contribution in [0.4, 0.5) is 0 Å². The van der Waals surface area contributed by atoms with Crippen LogP contribution in [0.5, 0.6) is 0 Å². The Kier molecular flexibility index (Phi) is 7.56. The maximum atomic E-state index is 2.55. The van der Waals surface area contributed by atoms with E-state index in [9.17, 15) is 0 Å². The first kappa shape index (κ1) is 23.8. The summed E-state index contributed by atoms with van der Waals surface area (Å²) in [6, 6.07) is 31.1. The summed E-state index contributed by atoms with van der Waals surface area (Å²) in [6.07, 6.45) is 6.59. The Morgan fingerprint density at radius 2 is 1.59 bits per heavy atom. The van der Waals surface area contributed by atoms with Crippen LogP contribution in [0.3, 0.4) is 0 Å². The zero-order chi connectivity index (χ0) is 23.4. The van der Waals surface area contributed by atoms with Gasteiger partial charge < -0.3 is 0 Å². The molecule has 2 aliphatic rings. The normalized spacial score (nSPS) is 26.0. The number of thioether (sulfide) groups is 2. The molecule has 0 saturated heterocycles. The van der Waals surface area contributed by atoms with Gasteiger partial charge in [0, 0.05) is 15.5 Å². The van der Waals surface area contributed by atoms with Crippen molar-refractivity contribution in [3.63, 3.8) is 0 Å². The molecule has 0 radical (unpaired) electrons. The molecule has 0 bridgehead atoms. The second-order valence-electron chi connectivity index (χ2n) is 10.3. The van der Waals surface area contributed by atoms with Crippen molar-refractivity contribution < 1.29 is 0 Å². The smallest absolute Gasteiger partial charge is 0.0116 e. The zero-order valence-electron chi connectivity index (χ0n) is 20.5. The van der Waals surface area contributed by atoms with Crippen LogP contribution in [0.25, 0.3) is 0 Å². The lowest BCUT2D eigenvalue weighted by atomic mass is 9.67. The van der Waals surface area contributed by atoms with Gasteiger partial charge in [-0.1, -0.05) is 90.5 Å². The van der Waals surface area contributed by atoms with Crippen LogP contribution in [0.1, 0.15) is 43.7 Å². The van der Waals surface area contributed by atoms with E-state index in [0.29, 0.717) is 5.41 Å². The topological polar surface area (TPSA) is 0 Å². The van der Waals surface area contributed by atoms with Gasteiger partial charge in [0.15, 0.2) is 0 Å². The molecule has 2 fully saturated rings. The highest BCUT2D eigenvalue weighted by atomic mass is 32.2. The standard InChI is InChI=1S/C32H36S2/c1-24-16-18-26(19-17-24)20-28-21-32(28)27(23-34-30-13-7-4-8-14-30)10-9-15-31(32)25(2)22-33-29-11-5-3-6-12-29/h3-8,11-14,16-19,23,25,28,31H,9-10,15,20-22H2,1-2H3/b27-23+. The third-order valence-electron chi connectivity index (χ3n) is 8.00. The highest BCUT2D eigenvalue weighted by molar-refractivity contribution is 8.02. The van der Waals surface area contributed by atoms with E-state index in [0.717, 1.165) is 17.8 Å². The van der Waals surface area contributed by atoms with Crippen molar-refractivity contribution in [1.82, 2.24) is 0 Å². The zero-order valence-corrected chi connectivity index (χ0v) is 22.1. The van der Waals surface area contributed by atoms with Crippen LogP contribution in [-0.4, -0.2) is 5.75 Å². The van der Waals surface area contributed by atoms with Gasteiger partial charge in [0.1, 0.15) is 0 Å². The number of hydrogen-bond acceptors (Lipinski definition) is 2. The Labute approximate surface area is 214 Å². The van der Waals surface area contributed by atoms with Gasteiger partial charge in [-0.05, 0) is 97.4 Å². The van der Waals surface area contributed by atoms with Crippen LogP contribution in [0.15, 0.2) is 106 Å². The fraction of sp³-hybridized carbons (Fsp3) is 0.375. The fourth-order valence-corrected chi connectivity index (χ4v) is 8.13. The second-order valence-corrected chi connectivity index (χ2v) is 12.3. The van der Waals surface area contributed by atoms with Crippen LogP contribution in [-0.2, 0) is 6.42 Å². The second kappa shape index (κ2) is 10.8. The molecule has 2 aliphatic carbocycles. The first-order valence-electron chi connectivity index (χ1n) is 12.8. The van der Waals surface area contributed by atoms with E-state index >= 15 is 0 Å². The largest absolute Gasteiger partial charge is 0.126 e. The lowest BCUT2D eigenvalue weighted by molar-refractivity contribution is 0.198. The summed E-state index contributed by atoms with van der Waals surface area (Å²) in [7, 11) is 0. The summed E-state index contributed by atoms with van der Waals surface area (Å²) in [5.41, 5.74) is 5.02. The maximum absolute atomic E-state index is 2.55.